The van der Waals surface area contributed by atoms with Crippen molar-refractivity contribution < 1.29 is 14.1 Å². The van der Waals surface area contributed by atoms with Gasteiger partial charge in [-0.3, -0.25) is 10.1 Å². The summed E-state index contributed by atoms with van der Waals surface area (Å²) in [5.74, 6) is 0.911. The van der Waals surface area contributed by atoms with E-state index in [0.29, 0.717) is 34.0 Å². The maximum atomic E-state index is 11.1. The van der Waals surface area contributed by atoms with Crippen LogP contribution in [0, 0.1) is 10.1 Å². The summed E-state index contributed by atoms with van der Waals surface area (Å²) in [6, 6.07) is 17.3. The van der Waals surface area contributed by atoms with E-state index in [0.717, 1.165) is 0 Å². The molecule has 4 aromatic rings. The second kappa shape index (κ2) is 6.64. The van der Waals surface area contributed by atoms with Crippen LogP contribution in [0.5, 0.6) is 5.75 Å². The summed E-state index contributed by atoms with van der Waals surface area (Å²) in [7, 11) is 0. The van der Waals surface area contributed by atoms with Gasteiger partial charge in [0.2, 0.25) is 11.6 Å². The van der Waals surface area contributed by atoms with Gasteiger partial charge in [-0.25, -0.2) is 9.97 Å². The molecule has 0 radical (unpaired) electrons. The molecule has 7 nitrogen and oxygen atoms in total. The highest BCUT2D eigenvalue weighted by Crippen LogP contribution is 2.32. The van der Waals surface area contributed by atoms with Crippen LogP contribution in [0.25, 0.3) is 22.7 Å². The lowest BCUT2D eigenvalue weighted by atomic mass is 10.2. The van der Waals surface area contributed by atoms with Crippen molar-refractivity contribution in [1.82, 2.24) is 9.97 Å². The van der Waals surface area contributed by atoms with Crippen LogP contribution in [0.2, 0.25) is 0 Å². The molecule has 2 aromatic heterocycles. The molecule has 0 atom stereocenters. The second-order valence-corrected chi connectivity index (χ2v) is 5.52. The van der Waals surface area contributed by atoms with Crippen molar-refractivity contribution >= 4 is 16.9 Å². The molecule has 7 heteroatoms. The summed E-state index contributed by atoms with van der Waals surface area (Å²) in [6.45, 7) is 0.0621. The highest BCUT2D eigenvalue weighted by molar-refractivity contribution is 5.74. The standard InChI is InChI=1S/C19H13N3O4/c23-22(24)16-9-3-1-6-13(16)12-25-17-10-4-2-7-14(17)18-21-15-8-5-11-20-19(15)26-18/h1-11H,12H2. The highest BCUT2D eigenvalue weighted by atomic mass is 16.6. The Morgan fingerprint density at radius 3 is 2.69 bits per heavy atom. The van der Waals surface area contributed by atoms with Gasteiger partial charge in [0.15, 0.2) is 0 Å². The van der Waals surface area contributed by atoms with E-state index < -0.39 is 4.92 Å². The van der Waals surface area contributed by atoms with Gasteiger partial charge in [-0.05, 0) is 30.3 Å². The molecule has 0 N–H and O–H groups in total. The van der Waals surface area contributed by atoms with Gasteiger partial charge in [-0.1, -0.05) is 24.3 Å². The second-order valence-electron chi connectivity index (χ2n) is 5.52. The fourth-order valence-corrected chi connectivity index (χ4v) is 2.62. The average Bonchev–Trinajstić information content (AvgIpc) is 3.11. The molecule has 0 unspecified atom stereocenters. The molecule has 0 saturated carbocycles. The third-order valence-corrected chi connectivity index (χ3v) is 3.86. The van der Waals surface area contributed by atoms with Crippen molar-refractivity contribution in [2.45, 2.75) is 6.61 Å². The zero-order valence-electron chi connectivity index (χ0n) is 13.5. The summed E-state index contributed by atoms with van der Waals surface area (Å²) in [5, 5.41) is 11.1. The Hall–Kier alpha value is -3.74. The number of rotatable bonds is 5. The number of nitrogens with zero attached hydrogens (tertiary/aromatic N) is 3. The van der Waals surface area contributed by atoms with Crippen LogP contribution in [0.4, 0.5) is 5.69 Å². The topological polar surface area (TPSA) is 91.3 Å². The zero-order chi connectivity index (χ0) is 17.9. The summed E-state index contributed by atoms with van der Waals surface area (Å²) in [6.07, 6.45) is 1.63. The van der Waals surface area contributed by atoms with Gasteiger partial charge in [-0.15, -0.1) is 0 Å². The largest absolute Gasteiger partial charge is 0.488 e. The molecular formula is C19H13N3O4. The molecule has 0 aliphatic rings. The van der Waals surface area contributed by atoms with Crippen LogP contribution in [-0.2, 0) is 6.61 Å². The Bertz CT molecular complexity index is 1060. The van der Waals surface area contributed by atoms with E-state index in [4.69, 9.17) is 9.15 Å². The molecule has 2 aromatic carbocycles. The number of pyridine rings is 1. The molecule has 0 spiro atoms. The van der Waals surface area contributed by atoms with Gasteiger partial charge in [0.05, 0.1) is 16.1 Å². The predicted octanol–water partition coefficient (Wildman–Crippen LogP) is 4.38. The first-order valence-electron chi connectivity index (χ1n) is 7.88. The quantitative estimate of drug-likeness (QED) is 0.393. The summed E-state index contributed by atoms with van der Waals surface area (Å²) in [4.78, 5) is 19.3. The third-order valence-electron chi connectivity index (χ3n) is 3.86. The number of nitro benzene ring substituents is 1. The lowest BCUT2D eigenvalue weighted by Gasteiger charge is -2.09. The number of nitro groups is 1. The van der Waals surface area contributed by atoms with Crippen LogP contribution in [-0.4, -0.2) is 14.9 Å². The fraction of sp³-hybridized carbons (Fsp3) is 0.0526. The molecule has 0 aliphatic carbocycles. The Kier molecular flexibility index (Phi) is 4.03. The monoisotopic (exact) mass is 347 g/mol. The van der Waals surface area contributed by atoms with E-state index in [1.54, 1.807) is 36.5 Å². The molecule has 0 aliphatic heterocycles. The first-order valence-corrected chi connectivity index (χ1v) is 7.88. The predicted molar refractivity (Wildman–Crippen MR) is 94.7 cm³/mol. The van der Waals surface area contributed by atoms with Crippen molar-refractivity contribution in [3.05, 3.63) is 82.5 Å². The molecule has 0 bridgehead atoms. The maximum absolute atomic E-state index is 11.1. The highest BCUT2D eigenvalue weighted by Gasteiger charge is 2.16. The maximum Gasteiger partial charge on any atom is 0.276 e. The average molecular weight is 347 g/mol. The van der Waals surface area contributed by atoms with E-state index in [9.17, 15) is 10.1 Å². The number of para-hydroxylation sites is 2. The smallest absolute Gasteiger partial charge is 0.276 e. The summed E-state index contributed by atoms with van der Waals surface area (Å²) < 4.78 is 11.5. The number of aromatic nitrogens is 2. The van der Waals surface area contributed by atoms with E-state index in [-0.39, 0.29) is 12.3 Å². The van der Waals surface area contributed by atoms with Crippen molar-refractivity contribution in [2.24, 2.45) is 0 Å². The van der Waals surface area contributed by atoms with Crippen LogP contribution >= 0.6 is 0 Å². The lowest BCUT2D eigenvalue weighted by Crippen LogP contribution is -2.01. The Balaban J connectivity index is 1.65. The normalized spacial score (nSPS) is 10.8. The Labute approximate surface area is 148 Å². The molecule has 128 valence electrons. The van der Waals surface area contributed by atoms with E-state index >= 15 is 0 Å². The molecule has 0 fully saturated rings. The Morgan fingerprint density at radius 2 is 1.85 bits per heavy atom. The van der Waals surface area contributed by atoms with Crippen molar-refractivity contribution in [1.29, 1.82) is 0 Å². The van der Waals surface area contributed by atoms with Crippen LogP contribution in [0.1, 0.15) is 5.56 Å². The van der Waals surface area contributed by atoms with E-state index in [2.05, 4.69) is 9.97 Å². The van der Waals surface area contributed by atoms with Crippen LogP contribution in [0.15, 0.2) is 71.3 Å². The van der Waals surface area contributed by atoms with Gasteiger partial charge >= 0.3 is 0 Å². The molecule has 4 rings (SSSR count). The van der Waals surface area contributed by atoms with Gasteiger partial charge in [0, 0.05) is 12.3 Å². The molecular weight excluding hydrogens is 334 g/mol. The number of oxazole rings is 1. The molecule has 0 amide bonds. The van der Waals surface area contributed by atoms with Gasteiger partial charge in [0.25, 0.3) is 5.69 Å². The lowest BCUT2D eigenvalue weighted by molar-refractivity contribution is -0.385. The summed E-state index contributed by atoms with van der Waals surface area (Å²) in [5.41, 5.74) is 2.26. The molecule has 0 saturated heterocycles. The number of hydrogen-bond acceptors (Lipinski definition) is 6. The molecule has 26 heavy (non-hydrogen) atoms. The van der Waals surface area contributed by atoms with Gasteiger partial charge in [-0.2, -0.15) is 0 Å². The number of fused-ring (bicyclic) bond motifs is 1. The van der Waals surface area contributed by atoms with Crippen LogP contribution in [0.3, 0.4) is 0 Å². The summed E-state index contributed by atoms with van der Waals surface area (Å²) >= 11 is 0. The minimum Gasteiger partial charge on any atom is -0.488 e. The first kappa shape index (κ1) is 15.8. The number of benzene rings is 2. The van der Waals surface area contributed by atoms with Crippen molar-refractivity contribution in [3.8, 4) is 17.2 Å². The van der Waals surface area contributed by atoms with E-state index in [1.807, 2.05) is 24.3 Å². The SMILES string of the molecule is O=[N+]([O-])c1ccccc1COc1ccccc1-c1nc2cccnc2o1. The van der Waals surface area contributed by atoms with Gasteiger partial charge in [0.1, 0.15) is 17.9 Å². The Morgan fingerprint density at radius 1 is 1.04 bits per heavy atom. The number of ether oxygens (including phenoxy) is 1. The van der Waals surface area contributed by atoms with E-state index in [1.165, 1.54) is 6.07 Å². The minimum atomic E-state index is -0.420. The number of hydrogen-bond donors (Lipinski definition) is 0. The van der Waals surface area contributed by atoms with Crippen molar-refractivity contribution in [3.63, 3.8) is 0 Å². The fourth-order valence-electron chi connectivity index (χ4n) is 2.62. The zero-order valence-corrected chi connectivity index (χ0v) is 13.5. The minimum absolute atomic E-state index is 0.0241. The van der Waals surface area contributed by atoms with Gasteiger partial charge < -0.3 is 9.15 Å². The molecule has 2 heterocycles. The third kappa shape index (κ3) is 2.98. The first-order chi connectivity index (χ1) is 12.7. The van der Waals surface area contributed by atoms with Crippen LogP contribution < -0.4 is 4.74 Å². The van der Waals surface area contributed by atoms with Crippen molar-refractivity contribution in [2.75, 3.05) is 0 Å².